The average Bonchev–Trinajstić information content (AvgIpc) is 3.33. The zero-order chi connectivity index (χ0) is 18.6. The van der Waals surface area contributed by atoms with Crippen molar-refractivity contribution >= 4 is 0 Å². The van der Waals surface area contributed by atoms with Gasteiger partial charge in [-0.15, -0.1) is 10.2 Å². The molecule has 4 rings (SSSR count). The fraction of sp³-hybridized carbons (Fsp3) is 0.450. The summed E-state index contributed by atoms with van der Waals surface area (Å²) in [6, 6.07) is 10.2. The van der Waals surface area contributed by atoms with E-state index in [0.29, 0.717) is 12.5 Å². The van der Waals surface area contributed by atoms with Crippen LogP contribution in [-0.2, 0) is 20.1 Å². The lowest BCUT2D eigenvalue weighted by molar-refractivity contribution is 0.193. The van der Waals surface area contributed by atoms with Gasteiger partial charge in [0, 0.05) is 44.0 Å². The summed E-state index contributed by atoms with van der Waals surface area (Å²) in [7, 11) is 3.80. The fourth-order valence-electron chi connectivity index (χ4n) is 3.89. The first-order valence-corrected chi connectivity index (χ1v) is 9.44. The highest BCUT2D eigenvalue weighted by Gasteiger charge is 2.26. The summed E-state index contributed by atoms with van der Waals surface area (Å²) in [5.41, 5.74) is 1.23. The Morgan fingerprint density at radius 2 is 2.04 bits per heavy atom. The molecule has 0 bridgehead atoms. The Balaban J connectivity index is 1.46. The Bertz CT molecular complexity index is 872. The first-order valence-electron chi connectivity index (χ1n) is 9.44. The Morgan fingerprint density at radius 3 is 2.85 bits per heavy atom. The first-order chi connectivity index (χ1) is 13.2. The predicted molar refractivity (Wildman–Crippen MR) is 103 cm³/mol. The molecule has 7 heteroatoms. The molecule has 0 radical (unpaired) electrons. The molecule has 27 heavy (non-hydrogen) atoms. The Morgan fingerprint density at radius 1 is 1.15 bits per heavy atom. The second kappa shape index (κ2) is 7.92. The van der Waals surface area contributed by atoms with Crippen LogP contribution in [0.1, 0.15) is 36.0 Å². The van der Waals surface area contributed by atoms with Crippen LogP contribution in [0.2, 0.25) is 0 Å². The van der Waals surface area contributed by atoms with E-state index in [2.05, 4.69) is 43.9 Å². The molecule has 142 valence electrons. The summed E-state index contributed by atoms with van der Waals surface area (Å²) in [5, 5.41) is 13.2. The summed E-state index contributed by atoms with van der Waals surface area (Å²) in [6.45, 7) is 3.64. The lowest BCUT2D eigenvalue weighted by Gasteiger charge is -2.32. The minimum atomic E-state index is 0.400. The molecule has 1 aliphatic rings. The Hall–Kier alpha value is -2.67. The highest BCUT2D eigenvalue weighted by Crippen LogP contribution is 2.28. The van der Waals surface area contributed by atoms with E-state index in [1.165, 1.54) is 12.0 Å². The molecule has 0 amide bonds. The molecule has 1 aromatic carbocycles. The largest absolute Gasteiger partial charge is 0.496 e. The van der Waals surface area contributed by atoms with Crippen LogP contribution in [0, 0.1) is 0 Å². The average molecular weight is 366 g/mol. The van der Waals surface area contributed by atoms with Crippen LogP contribution in [0.25, 0.3) is 0 Å². The summed E-state index contributed by atoms with van der Waals surface area (Å²) >= 11 is 0. The Labute approximate surface area is 159 Å². The number of methoxy groups -OCH3 is 1. The third kappa shape index (κ3) is 3.88. The van der Waals surface area contributed by atoms with Gasteiger partial charge in [0.15, 0.2) is 5.82 Å². The van der Waals surface area contributed by atoms with Crippen molar-refractivity contribution in [3.8, 4) is 5.75 Å². The second-order valence-electron chi connectivity index (χ2n) is 7.12. The van der Waals surface area contributed by atoms with Crippen molar-refractivity contribution in [3.63, 3.8) is 0 Å². The van der Waals surface area contributed by atoms with Gasteiger partial charge in [-0.1, -0.05) is 18.2 Å². The molecular weight excluding hydrogens is 340 g/mol. The lowest BCUT2D eigenvalue weighted by Crippen LogP contribution is -2.35. The monoisotopic (exact) mass is 366 g/mol. The number of rotatable bonds is 6. The van der Waals surface area contributed by atoms with Gasteiger partial charge in [0.25, 0.3) is 0 Å². The van der Waals surface area contributed by atoms with E-state index in [4.69, 9.17) is 4.74 Å². The van der Waals surface area contributed by atoms with Crippen LogP contribution >= 0.6 is 0 Å². The maximum Gasteiger partial charge on any atom is 0.154 e. The molecule has 0 aliphatic carbocycles. The number of hydrogen-bond donors (Lipinski definition) is 0. The van der Waals surface area contributed by atoms with Crippen LogP contribution in [0.5, 0.6) is 5.75 Å². The van der Waals surface area contributed by atoms with Gasteiger partial charge in [-0.2, -0.15) is 5.10 Å². The predicted octanol–water partition coefficient (Wildman–Crippen LogP) is 2.45. The molecule has 1 fully saturated rings. The van der Waals surface area contributed by atoms with Crippen molar-refractivity contribution in [2.45, 2.75) is 31.8 Å². The van der Waals surface area contributed by atoms with Gasteiger partial charge < -0.3 is 9.30 Å². The zero-order valence-electron chi connectivity index (χ0n) is 16.0. The van der Waals surface area contributed by atoms with Gasteiger partial charge in [-0.25, -0.2) is 0 Å². The van der Waals surface area contributed by atoms with E-state index < -0.39 is 0 Å². The summed E-state index contributed by atoms with van der Waals surface area (Å²) in [4.78, 5) is 2.49. The van der Waals surface area contributed by atoms with Crippen LogP contribution in [-0.4, -0.2) is 49.6 Å². The van der Waals surface area contributed by atoms with Crippen molar-refractivity contribution in [2.24, 2.45) is 7.05 Å². The van der Waals surface area contributed by atoms with E-state index in [9.17, 15) is 0 Å². The van der Waals surface area contributed by atoms with Crippen molar-refractivity contribution < 1.29 is 4.74 Å². The van der Waals surface area contributed by atoms with Gasteiger partial charge in [0.05, 0.1) is 7.11 Å². The van der Waals surface area contributed by atoms with Crippen LogP contribution in [0.15, 0.2) is 42.7 Å². The highest BCUT2D eigenvalue weighted by molar-refractivity contribution is 5.33. The maximum atomic E-state index is 5.51. The van der Waals surface area contributed by atoms with Crippen molar-refractivity contribution in [1.82, 2.24) is 29.4 Å². The van der Waals surface area contributed by atoms with Crippen molar-refractivity contribution in [2.75, 3.05) is 20.2 Å². The number of aromatic nitrogens is 5. The van der Waals surface area contributed by atoms with Gasteiger partial charge in [-0.05, 0) is 31.5 Å². The summed E-state index contributed by atoms with van der Waals surface area (Å²) < 4.78 is 9.52. The summed E-state index contributed by atoms with van der Waals surface area (Å²) in [6.07, 6.45) is 6.05. The minimum Gasteiger partial charge on any atom is -0.496 e. The molecular formula is C20H26N6O. The van der Waals surface area contributed by atoms with Crippen LogP contribution in [0.4, 0.5) is 0 Å². The smallest absolute Gasteiger partial charge is 0.154 e. The van der Waals surface area contributed by atoms with Gasteiger partial charge in [0.2, 0.25) is 0 Å². The quantitative estimate of drug-likeness (QED) is 0.671. The second-order valence-corrected chi connectivity index (χ2v) is 7.12. The normalized spacial score (nSPS) is 17.9. The molecule has 0 saturated carbocycles. The summed E-state index contributed by atoms with van der Waals surface area (Å²) in [5.74, 6) is 3.37. The number of likely N-dealkylation sites (tertiary alicyclic amines) is 1. The molecule has 7 nitrogen and oxygen atoms in total. The molecule has 3 heterocycles. The van der Waals surface area contributed by atoms with E-state index in [-0.39, 0.29) is 0 Å². The molecule has 1 saturated heterocycles. The molecule has 3 aromatic rings. The number of hydrogen-bond acceptors (Lipinski definition) is 5. The number of benzene rings is 1. The van der Waals surface area contributed by atoms with Crippen molar-refractivity contribution in [3.05, 3.63) is 59.9 Å². The molecule has 0 unspecified atom stereocenters. The number of piperidine rings is 1. The fourth-order valence-corrected chi connectivity index (χ4v) is 3.89. The zero-order valence-corrected chi connectivity index (χ0v) is 16.0. The topological polar surface area (TPSA) is 61.0 Å². The molecule has 2 aromatic heterocycles. The standard InChI is InChI=1S/C20H26N6O/c1-24-19(15-26-12-6-10-21-26)22-23-20(24)17-8-5-11-25(14-17)13-16-7-3-4-9-18(16)27-2/h3-4,6-7,9-10,12,17H,5,8,11,13-15H2,1-2H3/t17-/m1/s1. The van der Waals surface area contributed by atoms with E-state index in [0.717, 1.165) is 43.5 Å². The Kier molecular flexibility index (Phi) is 5.20. The number of nitrogens with zero attached hydrogens (tertiary/aromatic N) is 6. The molecule has 0 spiro atoms. The molecule has 1 atom stereocenters. The van der Waals surface area contributed by atoms with Crippen molar-refractivity contribution in [1.29, 1.82) is 0 Å². The number of para-hydroxylation sites is 1. The lowest BCUT2D eigenvalue weighted by atomic mass is 9.96. The van der Waals surface area contributed by atoms with E-state index >= 15 is 0 Å². The van der Waals surface area contributed by atoms with Gasteiger partial charge in [-0.3, -0.25) is 9.58 Å². The van der Waals surface area contributed by atoms with Gasteiger partial charge in [0.1, 0.15) is 18.1 Å². The van der Waals surface area contributed by atoms with E-state index in [1.807, 2.05) is 29.1 Å². The van der Waals surface area contributed by atoms with Crippen LogP contribution in [0.3, 0.4) is 0 Å². The highest BCUT2D eigenvalue weighted by atomic mass is 16.5. The molecule has 1 aliphatic heterocycles. The third-order valence-electron chi connectivity index (χ3n) is 5.32. The van der Waals surface area contributed by atoms with Crippen LogP contribution < -0.4 is 4.74 Å². The molecule has 0 N–H and O–H groups in total. The number of ether oxygens (including phenoxy) is 1. The van der Waals surface area contributed by atoms with Gasteiger partial charge >= 0.3 is 0 Å². The maximum absolute atomic E-state index is 5.51. The minimum absolute atomic E-state index is 0.400. The SMILES string of the molecule is COc1ccccc1CN1CCC[C@@H](c2nnc(Cn3cccn3)n2C)C1. The first kappa shape index (κ1) is 17.7. The third-order valence-corrected chi connectivity index (χ3v) is 5.32. The van der Waals surface area contributed by atoms with E-state index in [1.54, 1.807) is 13.3 Å².